The van der Waals surface area contributed by atoms with Crippen LogP contribution in [0.5, 0.6) is 0 Å². The lowest BCUT2D eigenvalue weighted by molar-refractivity contribution is -0.139. The van der Waals surface area contributed by atoms with Gasteiger partial charge in [0.2, 0.25) is 5.91 Å². The average Bonchev–Trinajstić information content (AvgIpc) is 3.54. The number of rotatable bonds is 8. The minimum Gasteiger partial charge on any atom is -0.391 e. The number of likely N-dealkylation sites (tertiary alicyclic amines) is 1. The van der Waals surface area contributed by atoms with Crippen LogP contribution in [-0.4, -0.2) is 50.5 Å². The molecule has 1 aromatic carbocycles. The van der Waals surface area contributed by atoms with E-state index in [2.05, 4.69) is 34.4 Å². The molecule has 7 nitrogen and oxygen atoms in total. The highest BCUT2D eigenvalue weighted by Crippen LogP contribution is 2.32. The zero-order chi connectivity index (χ0) is 24.4. The summed E-state index contributed by atoms with van der Waals surface area (Å²) in [6.45, 7) is 7.90. The molecule has 0 aliphatic carbocycles. The molecule has 0 spiro atoms. The number of aromatic nitrogens is 2. The van der Waals surface area contributed by atoms with E-state index in [1.807, 2.05) is 33.2 Å². The van der Waals surface area contributed by atoms with E-state index >= 15 is 0 Å². The van der Waals surface area contributed by atoms with E-state index in [-0.39, 0.29) is 30.6 Å². The summed E-state index contributed by atoms with van der Waals surface area (Å²) in [6.07, 6.45) is 0.401. The molecule has 0 radical (unpaired) electrons. The smallest absolute Gasteiger partial charge is 0.234 e. The summed E-state index contributed by atoms with van der Waals surface area (Å²) in [5.74, 6) is -0.226. The maximum atomic E-state index is 13.4. The van der Waals surface area contributed by atoms with Crippen LogP contribution in [-0.2, 0) is 9.59 Å². The number of thiazole rings is 1. The first-order valence-corrected chi connectivity index (χ1v) is 12.6. The number of aliphatic hydroxyl groups is 1. The summed E-state index contributed by atoms with van der Waals surface area (Å²) in [7, 11) is 0. The van der Waals surface area contributed by atoms with Gasteiger partial charge in [-0.05, 0) is 37.3 Å². The van der Waals surface area contributed by atoms with Crippen LogP contribution >= 0.6 is 11.3 Å². The first-order valence-electron chi connectivity index (χ1n) is 11.7. The highest BCUT2D eigenvalue weighted by atomic mass is 32.1. The fourth-order valence-electron chi connectivity index (χ4n) is 4.71. The third kappa shape index (κ3) is 4.98. The second kappa shape index (κ2) is 10.2. The van der Waals surface area contributed by atoms with E-state index in [0.717, 1.165) is 21.7 Å². The summed E-state index contributed by atoms with van der Waals surface area (Å²) in [4.78, 5) is 33.6. The van der Waals surface area contributed by atoms with Crippen LogP contribution < -0.4 is 0 Å². The molecule has 8 heteroatoms. The fraction of sp³-hybridized carbons (Fsp3) is 0.462. The molecule has 1 aliphatic rings. The number of hydrogen-bond acceptors (Lipinski definition) is 7. The summed E-state index contributed by atoms with van der Waals surface area (Å²) in [5, 5.41) is 14.2. The Labute approximate surface area is 203 Å². The molecule has 3 heterocycles. The van der Waals surface area contributed by atoms with Gasteiger partial charge in [-0.15, -0.1) is 11.3 Å². The molecule has 0 bridgehead atoms. The van der Waals surface area contributed by atoms with Crippen molar-refractivity contribution in [2.24, 2.45) is 0 Å². The predicted molar refractivity (Wildman–Crippen MR) is 131 cm³/mol. The third-order valence-electron chi connectivity index (χ3n) is 6.62. The minimum absolute atomic E-state index is 0.00213. The molecular weight excluding hydrogens is 450 g/mol. The maximum absolute atomic E-state index is 13.4. The van der Waals surface area contributed by atoms with Gasteiger partial charge in [-0.2, -0.15) is 0 Å². The molecule has 0 unspecified atom stereocenters. The van der Waals surface area contributed by atoms with Crippen molar-refractivity contribution in [2.75, 3.05) is 6.54 Å². The summed E-state index contributed by atoms with van der Waals surface area (Å²) >= 11 is 1.61. The van der Waals surface area contributed by atoms with E-state index in [9.17, 15) is 14.7 Å². The van der Waals surface area contributed by atoms with Gasteiger partial charge in [0, 0.05) is 25.5 Å². The van der Waals surface area contributed by atoms with Crippen LogP contribution in [0.1, 0.15) is 67.7 Å². The normalized spacial score (nSPS) is 19.9. The van der Waals surface area contributed by atoms with Crippen molar-refractivity contribution < 1.29 is 19.2 Å². The predicted octanol–water partition coefficient (Wildman–Crippen LogP) is 4.63. The Hall–Kier alpha value is -2.84. The Morgan fingerprint density at radius 2 is 2.00 bits per heavy atom. The highest BCUT2D eigenvalue weighted by molar-refractivity contribution is 7.13. The molecule has 1 aliphatic heterocycles. The number of carbonyl (C=O) groups excluding carboxylic acids is 2. The van der Waals surface area contributed by atoms with Gasteiger partial charge in [0.15, 0.2) is 5.78 Å². The van der Waals surface area contributed by atoms with Gasteiger partial charge in [-0.1, -0.05) is 43.3 Å². The Morgan fingerprint density at radius 3 is 2.59 bits per heavy atom. The summed E-state index contributed by atoms with van der Waals surface area (Å²) < 4.78 is 5.34. The molecule has 0 saturated carbocycles. The van der Waals surface area contributed by atoms with Gasteiger partial charge >= 0.3 is 0 Å². The number of carbonyl (C=O) groups is 2. The van der Waals surface area contributed by atoms with Gasteiger partial charge in [0.25, 0.3) is 0 Å². The van der Waals surface area contributed by atoms with E-state index < -0.39 is 18.1 Å². The van der Waals surface area contributed by atoms with Crippen molar-refractivity contribution >= 4 is 23.0 Å². The van der Waals surface area contributed by atoms with Crippen molar-refractivity contribution in [3.8, 4) is 10.4 Å². The van der Waals surface area contributed by atoms with Crippen molar-refractivity contribution in [2.45, 2.75) is 70.9 Å². The van der Waals surface area contributed by atoms with Gasteiger partial charge in [-0.3, -0.25) is 9.59 Å². The molecule has 1 N–H and O–H groups in total. The maximum Gasteiger partial charge on any atom is 0.234 e. The fourth-order valence-corrected chi connectivity index (χ4v) is 5.52. The minimum atomic E-state index is -0.705. The van der Waals surface area contributed by atoms with Crippen molar-refractivity contribution in [1.82, 2.24) is 15.0 Å². The molecule has 180 valence electrons. The van der Waals surface area contributed by atoms with E-state index in [0.29, 0.717) is 24.3 Å². The number of hydrogen-bond donors (Lipinski definition) is 1. The number of ketones is 1. The molecular formula is C26H31N3O4S. The van der Waals surface area contributed by atoms with Gasteiger partial charge in [0.05, 0.1) is 39.8 Å². The largest absolute Gasteiger partial charge is 0.391 e. The third-order valence-corrected chi connectivity index (χ3v) is 7.60. The van der Waals surface area contributed by atoms with E-state index in [1.54, 1.807) is 22.3 Å². The van der Waals surface area contributed by atoms with Crippen LogP contribution in [0.2, 0.25) is 0 Å². The monoisotopic (exact) mass is 481 g/mol. The highest BCUT2D eigenvalue weighted by Gasteiger charge is 2.41. The molecule has 3 aromatic rings. The first kappa shape index (κ1) is 24.3. The van der Waals surface area contributed by atoms with Crippen LogP contribution in [0.4, 0.5) is 0 Å². The molecule has 34 heavy (non-hydrogen) atoms. The average molecular weight is 482 g/mol. The molecule has 1 fully saturated rings. The van der Waals surface area contributed by atoms with Crippen molar-refractivity contribution in [3.63, 3.8) is 0 Å². The van der Waals surface area contributed by atoms with Gasteiger partial charge in [-0.25, -0.2) is 4.98 Å². The Balaban J connectivity index is 1.45. The second-order valence-electron chi connectivity index (χ2n) is 9.19. The number of aryl methyl sites for hydroxylation is 2. The lowest BCUT2D eigenvalue weighted by Gasteiger charge is -2.27. The summed E-state index contributed by atoms with van der Waals surface area (Å²) in [5.41, 5.74) is 5.75. The van der Waals surface area contributed by atoms with Crippen LogP contribution in [0, 0.1) is 13.8 Å². The van der Waals surface area contributed by atoms with Crippen LogP contribution in [0.25, 0.3) is 10.4 Å². The molecule has 4 rings (SSSR count). The number of Topliss-reactive ketones (excluding diaryl/α,β-unsaturated/α-hetero) is 1. The van der Waals surface area contributed by atoms with Gasteiger partial charge < -0.3 is 14.5 Å². The molecule has 4 atom stereocenters. The Kier molecular flexibility index (Phi) is 7.28. The lowest BCUT2D eigenvalue weighted by Crippen LogP contribution is -2.43. The molecule has 1 amide bonds. The van der Waals surface area contributed by atoms with E-state index in [1.165, 1.54) is 0 Å². The zero-order valence-corrected chi connectivity index (χ0v) is 20.8. The van der Waals surface area contributed by atoms with Crippen molar-refractivity contribution in [3.05, 3.63) is 58.6 Å². The number of benzene rings is 1. The quantitative estimate of drug-likeness (QED) is 0.504. The Bertz CT molecular complexity index is 1150. The number of nitrogens with zero attached hydrogens (tertiary/aromatic N) is 3. The van der Waals surface area contributed by atoms with Crippen molar-refractivity contribution in [1.29, 1.82) is 0 Å². The number of aliphatic hydroxyl groups excluding tert-OH is 1. The van der Waals surface area contributed by atoms with Crippen LogP contribution in [0.3, 0.4) is 0 Å². The zero-order valence-electron chi connectivity index (χ0n) is 20.0. The standard InChI is InChI=1S/C26H31N3O4S/c1-5-21(24-11-16(3)28-33-24)26(32)29-13-20(30)12-22(29)23(31)10-15(2)18-6-8-19(9-7-18)25-17(4)27-14-34-25/h6-9,11,14-15,20-22,30H,5,10,12-13H2,1-4H3/t15-,20-,21-,22+/m1/s1. The molecule has 2 aromatic heterocycles. The topological polar surface area (TPSA) is 96.5 Å². The molecule has 1 saturated heterocycles. The number of amides is 1. The number of β-amino-alcohol motifs (C(OH)–C–C–N with tert-alkyl or cyclic N) is 1. The SMILES string of the molecule is CC[C@@H](C(=O)N1C[C@H](O)C[C@H]1C(=O)C[C@@H](C)c1ccc(-c2scnc2C)cc1)c1cc(C)no1. The summed E-state index contributed by atoms with van der Waals surface area (Å²) in [6, 6.07) is 9.38. The lowest BCUT2D eigenvalue weighted by atomic mass is 9.91. The second-order valence-corrected chi connectivity index (χ2v) is 10.0. The Morgan fingerprint density at radius 1 is 1.26 bits per heavy atom. The van der Waals surface area contributed by atoms with Gasteiger partial charge in [0.1, 0.15) is 5.76 Å². The van der Waals surface area contributed by atoms with Crippen LogP contribution in [0.15, 0.2) is 40.4 Å². The first-order chi connectivity index (χ1) is 16.3. The van der Waals surface area contributed by atoms with E-state index in [4.69, 9.17) is 4.52 Å².